The minimum atomic E-state index is -0.520. The van der Waals surface area contributed by atoms with Crippen molar-refractivity contribution in [3.8, 4) is 23.0 Å². The van der Waals surface area contributed by atoms with Gasteiger partial charge >= 0.3 is 11.9 Å². The molecule has 1 aliphatic rings. The predicted octanol–water partition coefficient (Wildman–Crippen LogP) is 3.25. The first-order valence-electron chi connectivity index (χ1n) is 8.26. The van der Waals surface area contributed by atoms with Gasteiger partial charge in [-0.3, -0.25) is 14.4 Å². The number of benzene rings is 2. The van der Waals surface area contributed by atoms with E-state index in [1.54, 1.807) is 24.3 Å². The molecule has 140 valence electrons. The maximum Gasteiger partial charge on any atom is 0.308 e. The topological polar surface area (TPSA) is 88.1 Å². The highest BCUT2D eigenvalue weighted by Gasteiger charge is 2.31. The van der Waals surface area contributed by atoms with E-state index in [0.29, 0.717) is 11.3 Å². The molecule has 27 heavy (non-hydrogen) atoms. The summed E-state index contributed by atoms with van der Waals surface area (Å²) in [4.78, 5) is 34.9. The largest absolute Gasteiger partial charge is 0.496 e. The molecule has 0 bridgehead atoms. The molecule has 2 aromatic rings. The molecule has 0 saturated carbocycles. The molecule has 0 fully saturated rings. The van der Waals surface area contributed by atoms with Gasteiger partial charge < -0.3 is 18.9 Å². The van der Waals surface area contributed by atoms with Crippen molar-refractivity contribution in [1.29, 1.82) is 0 Å². The zero-order valence-electron chi connectivity index (χ0n) is 15.1. The third kappa shape index (κ3) is 4.08. The molecule has 1 unspecified atom stereocenters. The van der Waals surface area contributed by atoms with Crippen LogP contribution < -0.4 is 18.9 Å². The van der Waals surface area contributed by atoms with Crippen LogP contribution in [0.4, 0.5) is 0 Å². The van der Waals surface area contributed by atoms with E-state index in [4.69, 9.17) is 18.9 Å². The maximum absolute atomic E-state index is 12.7. The monoisotopic (exact) mass is 370 g/mol. The van der Waals surface area contributed by atoms with Gasteiger partial charge in [-0.05, 0) is 17.7 Å². The van der Waals surface area contributed by atoms with Gasteiger partial charge in [0.1, 0.15) is 34.7 Å². The summed E-state index contributed by atoms with van der Waals surface area (Å²) in [5, 5.41) is 0. The molecule has 1 heterocycles. The fourth-order valence-electron chi connectivity index (χ4n) is 2.89. The van der Waals surface area contributed by atoms with Gasteiger partial charge in [-0.1, -0.05) is 12.1 Å². The smallest absolute Gasteiger partial charge is 0.308 e. The average molecular weight is 370 g/mol. The van der Waals surface area contributed by atoms with Crippen LogP contribution in [-0.2, 0) is 9.59 Å². The van der Waals surface area contributed by atoms with Crippen LogP contribution >= 0.6 is 0 Å². The van der Waals surface area contributed by atoms with E-state index in [2.05, 4.69) is 0 Å². The minimum absolute atomic E-state index is 0.128. The second-order valence-electron chi connectivity index (χ2n) is 5.99. The van der Waals surface area contributed by atoms with Crippen molar-refractivity contribution in [3.63, 3.8) is 0 Å². The van der Waals surface area contributed by atoms with Gasteiger partial charge in [0.15, 0.2) is 5.78 Å². The van der Waals surface area contributed by atoms with Crippen LogP contribution in [-0.4, -0.2) is 24.8 Å². The Balaban J connectivity index is 1.91. The average Bonchev–Trinajstić information content (AvgIpc) is 2.60. The molecule has 2 aromatic carbocycles. The van der Waals surface area contributed by atoms with E-state index in [0.717, 1.165) is 5.56 Å². The first kappa shape index (κ1) is 18.4. The van der Waals surface area contributed by atoms with E-state index >= 15 is 0 Å². The van der Waals surface area contributed by atoms with E-state index in [1.807, 2.05) is 0 Å². The van der Waals surface area contributed by atoms with Crippen LogP contribution in [0.5, 0.6) is 23.0 Å². The standard InChI is InChI=1S/C20H18O7/c1-11(21)25-14-6-4-13(5-7-14)17-10-16(23)20-18(24-3)8-15(26-12(2)22)9-19(20)27-17/h4-9,17H,10H2,1-3H3. The molecule has 1 atom stereocenters. The van der Waals surface area contributed by atoms with Gasteiger partial charge in [0, 0.05) is 26.0 Å². The molecule has 0 radical (unpaired) electrons. The highest BCUT2D eigenvalue weighted by Crippen LogP contribution is 2.42. The lowest BCUT2D eigenvalue weighted by Crippen LogP contribution is -2.21. The van der Waals surface area contributed by atoms with E-state index < -0.39 is 18.0 Å². The minimum Gasteiger partial charge on any atom is -0.496 e. The summed E-state index contributed by atoms with van der Waals surface area (Å²) in [5.41, 5.74) is 1.07. The molecule has 0 amide bonds. The van der Waals surface area contributed by atoms with Crippen LogP contribution in [0, 0.1) is 0 Å². The molecule has 7 heteroatoms. The molecular formula is C20H18O7. The number of ketones is 1. The summed E-state index contributed by atoms with van der Waals surface area (Å²) in [5.74, 6) is 0.178. The first-order valence-corrected chi connectivity index (χ1v) is 8.26. The highest BCUT2D eigenvalue weighted by atomic mass is 16.5. The number of carbonyl (C=O) groups is 3. The third-order valence-corrected chi connectivity index (χ3v) is 3.95. The second-order valence-corrected chi connectivity index (χ2v) is 5.99. The molecule has 0 aromatic heterocycles. The van der Waals surface area contributed by atoms with E-state index in [-0.39, 0.29) is 29.5 Å². The van der Waals surface area contributed by atoms with Gasteiger partial charge in [0.25, 0.3) is 0 Å². The number of Topliss-reactive ketones (excluding diaryl/α,β-unsaturated/α-hetero) is 1. The van der Waals surface area contributed by atoms with Crippen LogP contribution in [0.3, 0.4) is 0 Å². The van der Waals surface area contributed by atoms with Crippen LogP contribution in [0.2, 0.25) is 0 Å². The third-order valence-electron chi connectivity index (χ3n) is 3.95. The van der Waals surface area contributed by atoms with Crippen molar-refractivity contribution >= 4 is 17.7 Å². The van der Waals surface area contributed by atoms with Gasteiger partial charge in [-0.2, -0.15) is 0 Å². The quantitative estimate of drug-likeness (QED) is 0.603. The lowest BCUT2D eigenvalue weighted by Gasteiger charge is -2.27. The Morgan fingerprint density at radius 3 is 2.22 bits per heavy atom. The van der Waals surface area contributed by atoms with Crippen LogP contribution in [0.15, 0.2) is 36.4 Å². The number of esters is 2. The molecule has 0 aliphatic carbocycles. The fraction of sp³-hybridized carbons (Fsp3) is 0.250. The number of ether oxygens (including phenoxy) is 4. The molecule has 0 N–H and O–H groups in total. The van der Waals surface area contributed by atoms with E-state index in [9.17, 15) is 14.4 Å². The summed E-state index contributed by atoms with van der Waals surface area (Å²) in [6.45, 7) is 2.60. The molecule has 3 rings (SSSR count). The number of methoxy groups -OCH3 is 1. The zero-order chi connectivity index (χ0) is 19.6. The number of hydrogen-bond donors (Lipinski definition) is 0. The maximum atomic E-state index is 12.7. The van der Waals surface area contributed by atoms with Crippen LogP contribution in [0.25, 0.3) is 0 Å². The molecule has 1 aliphatic heterocycles. The van der Waals surface area contributed by atoms with Gasteiger partial charge in [0.05, 0.1) is 13.5 Å². The van der Waals surface area contributed by atoms with Gasteiger partial charge in [0.2, 0.25) is 0 Å². The first-order chi connectivity index (χ1) is 12.9. The summed E-state index contributed by atoms with van der Waals surface area (Å²) in [7, 11) is 1.43. The van der Waals surface area contributed by atoms with Crippen molar-refractivity contribution in [3.05, 3.63) is 47.5 Å². The predicted molar refractivity (Wildman–Crippen MR) is 94.4 cm³/mol. The van der Waals surface area contributed by atoms with Gasteiger partial charge in [-0.25, -0.2) is 0 Å². The lowest BCUT2D eigenvalue weighted by molar-refractivity contribution is -0.132. The van der Waals surface area contributed by atoms with Crippen molar-refractivity contribution in [2.24, 2.45) is 0 Å². The van der Waals surface area contributed by atoms with Crippen molar-refractivity contribution < 1.29 is 33.3 Å². The molecule has 0 spiro atoms. The SMILES string of the molecule is COc1cc(OC(C)=O)cc2c1C(=O)CC(c1ccc(OC(C)=O)cc1)O2. The lowest BCUT2D eigenvalue weighted by atomic mass is 9.95. The number of rotatable bonds is 4. The molecular weight excluding hydrogens is 352 g/mol. The zero-order valence-corrected chi connectivity index (χ0v) is 15.1. The fourth-order valence-corrected chi connectivity index (χ4v) is 2.89. The number of carbonyl (C=O) groups excluding carboxylic acids is 3. The van der Waals surface area contributed by atoms with Crippen molar-refractivity contribution in [2.45, 2.75) is 26.4 Å². The Kier molecular flexibility index (Phi) is 5.12. The second kappa shape index (κ2) is 7.49. The summed E-state index contributed by atoms with van der Waals surface area (Å²) >= 11 is 0. The summed E-state index contributed by atoms with van der Waals surface area (Å²) in [6, 6.07) is 9.71. The van der Waals surface area contributed by atoms with Crippen molar-refractivity contribution in [1.82, 2.24) is 0 Å². The van der Waals surface area contributed by atoms with Gasteiger partial charge in [-0.15, -0.1) is 0 Å². The number of hydrogen-bond acceptors (Lipinski definition) is 7. The Hall–Kier alpha value is -3.35. The summed E-state index contributed by atoms with van der Waals surface area (Å²) in [6.07, 6.45) is -0.392. The molecule has 7 nitrogen and oxygen atoms in total. The normalized spacial score (nSPS) is 15.4. The van der Waals surface area contributed by atoms with Crippen molar-refractivity contribution in [2.75, 3.05) is 7.11 Å². The highest BCUT2D eigenvalue weighted by molar-refractivity contribution is 6.03. The Morgan fingerprint density at radius 2 is 1.63 bits per heavy atom. The number of fused-ring (bicyclic) bond motifs is 1. The molecule has 0 saturated heterocycles. The Labute approximate surface area is 155 Å². The Bertz CT molecular complexity index is 899. The van der Waals surface area contributed by atoms with Crippen LogP contribution in [0.1, 0.15) is 42.3 Å². The Morgan fingerprint density at radius 1 is 1.00 bits per heavy atom. The van der Waals surface area contributed by atoms with E-state index in [1.165, 1.54) is 33.1 Å². The summed E-state index contributed by atoms with van der Waals surface area (Å²) < 4.78 is 21.3.